The first-order valence-electron chi connectivity index (χ1n) is 19.0. The van der Waals surface area contributed by atoms with Crippen molar-refractivity contribution in [3.63, 3.8) is 0 Å². The molecule has 0 unspecified atom stereocenters. The van der Waals surface area contributed by atoms with Crippen LogP contribution in [0.5, 0.6) is 0 Å². The summed E-state index contributed by atoms with van der Waals surface area (Å²) in [5.41, 5.74) is 17.4. The molecule has 9 aromatic rings. The molecule has 0 bridgehead atoms. The molecular weight excluding hydrogens is 665 g/mol. The van der Waals surface area contributed by atoms with Gasteiger partial charge in [0.1, 0.15) is 0 Å². The van der Waals surface area contributed by atoms with E-state index in [0.29, 0.717) is 5.82 Å². The maximum atomic E-state index is 5.20. The molecule has 55 heavy (non-hydrogen) atoms. The molecule has 0 N–H and O–H groups in total. The Morgan fingerprint density at radius 3 is 1.55 bits per heavy atom. The molecule has 1 aromatic heterocycles. The zero-order chi connectivity index (χ0) is 36.9. The lowest BCUT2D eigenvalue weighted by Crippen LogP contribution is -2.14. The average molecular weight is 703 g/mol. The molecule has 2 heteroatoms. The van der Waals surface area contributed by atoms with Crippen LogP contribution in [0.25, 0.3) is 89.2 Å². The maximum absolute atomic E-state index is 5.20. The summed E-state index contributed by atoms with van der Waals surface area (Å²) < 4.78 is 0. The van der Waals surface area contributed by atoms with Crippen LogP contribution >= 0.6 is 0 Å². The Morgan fingerprint density at radius 2 is 0.836 bits per heavy atom. The van der Waals surface area contributed by atoms with E-state index in [2.05, 4.69) is 184 Å². The van der Waals surface area contributed by atoms with Crippen LogP contribution in [0.2, 0.25) is 0 Å². The van der Waals surface area contributed by atoms with E-state index in [1.165, 1.54) is 55.3 Å². The first kappa shape index (κ1) is 32.7. The summed E-state index contributed by atoms with van der Waals surface area (Å²) in [6.45, 7) is 4.72. The summed E-state index contributed by atoms with van der Waals surface area (Å²) >= 11 is 0. The van der Waals surface area contributed by atoms with Gasteiger partial charge in [-0.3, -0.25) is 0 Å². The number of fused-ring (bicyclic) bond motifs is 4. The molecule has 0 saturated carbocycles. The molecular formula is C53H38N2. The molecule has 1 aliphatic carbocycles. The molecule has 0 aliphatic heterocycles. The van der Waals surface area contributed by atoms with Crippen LogP contribution in [-0.4, -0.2) is 9.97 Å². The van der Waals surface area contributed by atoms with Gasteiger partial charge in [-0.1, -0.05) is 190 Å². The van der Waals surface area contributed by atoms with Crippen molar-refractivity contribution in [2.24, 2.45) is 0 Å². The molecule has 0 spiro atoms. The van der Waals surface area contributed by atoms with E-state index in [4.69, 9.17) is 9.97 Å². The molecule has 8 aromatic carbocycles. The van der Waals surface area contributed by atoms with Gasteiger partial charge in [0.2, 0.25) is 0 Å². The first-order chi connectivity index (χ1) is 27.0. The molecule has 1 heterocycles. The first-order valence-corrected chi connectivity index (χ1v) is 19.0. The van der Waals surface area contributed by atoms with Gasteiger partial charge < -0.3 is 0 Å². The largest absolute Gasteiger partial charge is 0.228 e. The van der Waals surface area contributed by atoms with E-state index in [0.717, 1.165) is 39.2 Å². The molecule has 0 radical (unpaired) electrons. The van der Waals surface area contributed by atoms with Crippen molar-refractivity contribution in [3.05, 3.63) is 205 Å². The van der Waals surface area contributed by atoms with E-state index in [1.807, 2.05) is 24.3 Å². The van der Waals surface area contributed by atoms with E-state index in [1.54, 1.807) is 0 Å². The summed E-state index contributed by atoms with van der Waals surface area (Å²) in [4.78, 5) is 10.3. The summed E-state index contributed by atoms with van der Waals surface area (Å²) in [5.74, 6) is 0.708. The van der Waals surface area contributed by atoms with Gasteiger partial charge in [0, 0.05) is 22.1 Å². The highest BCUT2D eigenvalue weighted by atomic mass is 14.9. The van der Waals surface area contributed by atoms with Gasteiger partial charge in [0.15, 0.2) is 5.82 Å². The second-order valence-electron chi connectivity index (χ2n) is 15.0. The lowest BCUT2D eigenvalue weighted by Gasteiger charge is -2.22. The third-order valence-electron chi connectivity index (χ3n) is 11.3. The predicted octanol–water partition coefficient (Wildman–Crippen LogP) is 13.9. The normalized spacial score (nSPS) is 12.7. The van der Waals surface area contributed by atoms with Crippen LogP contribution < -0.4 is 0 Å². The van der Waals surface area contributed by atoms with Crippen molar-refractivity contribution in [2.75, 3.05) is 0 Å². The SMILES string of the molecule is CC1(C)c2cc3ccccc3cc2-c2c(-c3ccc(-c4ccccc4-c4cc(-c5ccc(-c6ccccc6)cc5)nc(-c5ccccc5)n4)cc3)cccc21. The highest BCUT2D eigenvalue weighted by Crippen LogP contribution is 2.53. The second-order valence-corrected chi connectivity index (χ2v) is 15.0. The lowest BCUT2D eigenvalue weighted by molar-refractivity contribution is 0.661. The van der Waals surface area contributed by atoms with Crippen LogP contribution in [0.15, 0.2) is 194 Å². The zero-order valence-corrected chi connectivity index (χ0v) is 30.9. The fourth-order valence-electron chi connectivity index (χ4n) is 8.41. The molecule has 0 amide bonds. The van der Waals surface area contributed by atoms with E-state index < -0.39 is 0 Å². The minimum absolute atomic E-state index is 0.0808. The second kappa shape index (κ2) is 13.2. The quantitative estimate of drug-likeness (QED) is 0.172. The Balaban J connectivity index is 1.05. The standard InChI is InChI=1S/C53H38N2/c1-53(2)47-23-13-22-44(51(47)46-32-41-18-9-10-19-42(41)33-48(46)53)38-28-26-37(27-29-38)43-20-11-12-21-45(43)50-34-49(54-52(55-50)40-16-7-4-8-17-40)39-30-24-36(25-31-39)35-14-5-3-6-15-35/h3-34H,1-2H3. The third kappa shape index (κ3) is 5.75. The van der Waals surface area contributed by atoms with Crippen molar-refractivity contribution >= 4 is 10.8 Å². The monoisotopic (exact) mass is 702 g/mol. The van der Waals surface area contributed by atoms with Crippen LogP contribution in [0, 0.1) is 0 Å². The molecule has 1 aliphatic rings. The molecule has 2 nitrogen and oxygen atoms in total. The van der Waals surface area contributed by atoms with Gasteiger partial charge in [-0.15, -0.1) is 0 Å². The molecule has 0 saturated heterocycles. The Bertz CT molecular complexity index is 2850. The van der Waals surface area contributed by atoms with Gasteiger partial charge in [-0.25, -0.2) is 9.97 Å². The van der Waals surface area contributed by atoms with Gasteiger partial charge in [-0.05, 0) is 84.6 Å². The Kier molecular flexibility index (Phi) is 7.85. The Hall–Kier alpha value is -6.90. The number of hydrogen-bond acceptors (Lipinski definition) is 2. The number of aromatic nitrogens is 2. The number of benzene rings is 8. The highest BCUT2D eigenvalue weighted by molar-refractivity contribution is 5.99. The lowest BCUT2D eigenvalue weighted by atomic mass is 9.81. The van der Waals surface area contributed by atoms with Crippen molar-refractivity contribution in [1.82, 2.24) is 9.97 Å². The summed E-state index contributed by atoms with van der Waals surface area (Å²) in [6, 6.07) is 69.5. The zero-order valence-electron chi connectivity index (χ0n) is 30.9. The minimum Gasteiger partial charge on any atom is -0.228 e. The van der Waals surface area contributed by atoms with Crippen molar-refractivity contribution < 1.29 is 0 Å². The molecule has 0 atom stereocenters. The van der Waals surface area contributed by atoms with Crippen LogP contribution in [0.3, 0.4) is 0 Å². The topological polar surface area (TPSA) is 25.8 Å². The summed E-state index contributed by atoms with van der Waals surface area (Å²) in [5, 5.41) is 2.57. The molecule has 10 rings (SSSR count). The highest BCUT2D eigenvalue weighted by Gasteiger charge is 2.37. The number of nitrogens with zero attached hydrogens (tertiary/aromatic N) is 2. The van der Waals surface area contributed by atoms with Crippen LogP contribution in [0.1, 0.15) is 25.0 Å². The average Bonchev–Trinajstić information content (AvgIpc) is 3.48. The summed E-state index contributed by atoms with van der Waals surface area (Å²) in [6.07, 6.45) is 0. The van der Waals surface area contributed by atoms with Crippen molar-refractivity contribution in [2.45, 2.75) is 19.3 Å². The maximum Gasteiger partial charge on any atom is 0.160 e. The van der Waals surface area contributed by atoms with Crippen molar-refractivity contribution in [1.29, 1.82) is 0 Å². The van der Waals surface area contributed by atoms with Crippen LogP contribution in [0.4, 0.5) is 0 Å². The molecule has 260 valence electrons. The number of hydrogen-bond donors (Lipinski definition) is 0. The molecule has 0 fully saturated rings. The van der Waals surface area contributed by atoms with Gasteiger partial charge in [-0.2, -0.15) is 0 Å². The van der Waals surface area contributed by atoms with E-state index in [-0.39, 0.29) is 5.41 Å². The fraction of sp³-hybridized carbons (Fsp3) is 0.0566. The predicted molar refractivity (Wildman–Crippen MR) is 230 cm³/mol. The summed E-state index contributed by atoms with van der Waals surface area (Å²) in [7, 11) is 0. The smallest absolute Gasteiger partial charge is 0.160 e. The Labute approximate surface area is 322 Å². The fourth-order valence-corrected chi connectivity index (χ4v) is 8.41. The van der Waals surface area contributed by atoms with Gasteiger partial charge in [0.05, 0.1) is 11.4 Å². The minimum atomic E-state index is -0.0808. The van der Waals surface area contributed by atoms with Crippen molar-refractivity contribution in [3.8, 4) is 78.4 Å². The van der Waals surface area contributed by atoms with E-state index in [9.17, 15) is 0 Å². The van der Waals surface area contributed by atoms with Gasteiger partial charge in [0.25, 0.3) is 0 Å². The van der Waals surface area contributed by atoms with Gasteiger partial charge >= 0.3 is 0 Å². The Morgan fingerprint density at radius 1 is 0.327 bits per heavy atom. The van der Waals surface area contributed by atoms with E-state index >= 15 is 0 Å². The third-order valence-corrected chi connectivity index (χ3v) is 11.3. The van der Waals surface area contributed by atoms with Crippen LogP contribution in [-0.2, 0) is 5.41 Å². The number of rotatable bonds is 6.